The maximum atomic E-state index is 12.3. The van der Waals surface area contributed by atoms with Gasteiger partial charge in [0.25, 0.3) is 5.91 Å². The summed E-state index contributed by atoms with van der Waals surface area (Å²) in [5.41, 5.74) is 0.943. The third-order valence-electron chi connectivity index (χ3n) is 3.35. The lowest BCUT2D eigenvalue weighted by Gasteiger charge is -2.26. The summed E-state index contributed by atoms with van der Waals surface area (Å²) in [5.74, 6) is 5.97. The average Bonchev–Trinajstić information content (AvgIpc) is 2.95. The van der Waals surface area contributed by atoms with Crippen molar-refractivity contribution in [3.8, 4) is 11.8 Å². The topological polar surface area (TPSA) is 49.8 Å². The first-order valence-corrected chi connectivity index (χ1v) is 8.12. The first-order valence-electron chi connectivity index (χ1n) is 7.24. The van der Waals surface area contributed by atoms with E-state index >= 15 is 0 Å². The van der Waals surface area contributed by atoms with Crippen LogP contribution in [0.2, 0.25) is 0 Å². The molecule has 0 radical (unpaired) electrons. The van der Waals surface area contributed by atoms with Gasteiger partial charge in [-0.3, -0.25) is 4.79 Å². The minimum absolute atomic E-state index is 0.0658. The van der Waals surface area contributed by atoms with Crippen LogP contribution in [0, 0.1) is 11.8 Å². The molecule has 2 rings (SSSR count). The van der Waals surface area contributed by atoms with Gasteiger partial charge in [0, 0.05) is 35.9 Å². The highest BCUT2D eigenvalue weighted by Gasteiger charge is 2.25. The second-order valence-electron chi connectivity index (χ2n) is 5.13. The zero-order valence-electron chi connectivity index (χ0n) is 12.3. The van der Waals surface area contributed by atoms with Crippen LogP contribution in [-0.2, 0) is 16.1 Å². The van der Waals surface area contributed by atoms with Gasteiger partial charge in [-0.25, -0.2) is 0 Å². The van der Waals surface area contributed by atoms with E-state index in [4.69, 9.17) is 9.84 Å². The van der Waals surface area contributed by atoms with Crippen molar-refractivity contribution in [1.29, 1.82) is 0 Å². The van der Waals surface area contributed by atoms with Gasteiger partial charge in [-0.15, -0.1) is 11.3 Å². The van der Waals surface area contributed by atoms with Crippen molar-refractivity contribution < 1.29 is 14.6 Å². The van der Waals surface area contributed by atoms with Crippen LogP contribution in [-0.4, -0.2) is 42.3 Å². The molecule has 114 valence electrons. The molecular weight excluding hydrogens is 286 g/mol. The lowest BCUT2D eigenvalue weighted by Crippen LogP contribution is -2.39. The molecule has 1 aromatic heterocycles. The number of aliphatic hydroxyl groups is 1. The maximum Gasteiger partial charge on any atom is 0.251 e. The summed E-state index contributed by atoms with van der Waals surface area (Å²) in [6.45, 7) is 1.36. The summed E-state index contributed by atoms with van der Waals surface area (Å²) >= 11 is 1.60. The Morgan fingerprint density at radius 2 is 2.43 bits per heavy atom. The number of likely N-dealkylation sites (N-methyl/N-ethyl adjacent to an activating group) is 1. The van der Waals surface area contributed by atoms with Gasteiger partial charge in [0.2, 0.25) is 0 Å². The third-order valence-corrected chi connectivity index (χ3v) is 4.27. The molecule has 0 spiro atoms. The van der Waals surface area contributed by atoms with E-state index in [1.165, 1.54) is 0 Å². The highest BCUT2D eigenvalue weighted by molar-refractivity contribution is 7.10. The van der Waals surface area contributed by atoms with Crippen molar-refractivity contribution >= 4 is 17.2 Å². The molecule has 1 aromatic rings. The van der Waals surface area contributed by atoms with E-state index < -0.39 is 0 Å². The Hall–Kier alpha value is -1.35. The molecule has 1 N–H and O–H groups in total. The summed E-state index contributed by atoms with van der Waals surface area (Å²) < 4.78 is 5.54. The van der Waals surface area contributed by atoms with Crippen molar-refractivity contribution in [3.63, 3.8) is 0 Å². The molecule has 2 heterocycles. The SMILES string of the molecule is CN(Cc1cc(C#CCCO)cs1)C(=O)C1CCCCO1. The summed E-state index contributed by atoms with van der Waals surface area (Å²) in [5, 5.41) is 10.7. The van der Waals surface area contributed by atoms with Crippen molar-refractivity contribution in [2.75, 3.05) is 20.3 Å². The number of carbonyl (C=O) groups excluding carboxylic acids is 1. The normalized spacial score (nSPS) is 17.9. The van der Waals surface area contributed by atoms with Gasteiger partial charge in [-0.1, -0.05) is 11.8 Å². The fourth-order valence-corrected chi connectivity index (χ4v) is 3.11. The standard InChI is InChI=1S/C16H21NO3S/c1-17(16(19)15-7-3-5-9-20-15)11-14-10-13(12-21-14)6-2-4-8-18/h10,12,15,18H,3-5,7-9,11H2,1H3. The second-order valence-corrected chi connectivity index (χ2v) is 6.12. The number of aliphatic hydroxyl groups excluding tert-OH is 1. The van der Waals surface area contributed by atoms with E-state index in [0.29, 0.717) is 19.6 Å². The lowest BCUT2D eigenvalue weighted by molar-refractivity contribution is -0.145. The Labute approximate surface area is 129 Å². The van der Waals surface area contributed by atoms with E-state index in [1.807, 2.05) is 18.5 Å². The molecule has 1 saturated heterocycles. The van der Waals surface area contributed by atoms with Crippen LogP contribution < -0.4 is 0 Å². The zero-order chi connectivity index (χ0) is 15.1. The van der Waals surface area contributed by atoms with Crippen LogP contribution in [0.5, 0.6) is 0 Å². The molecule has 5 heteroatoms. The molecule has 1 aliphatic heterocycles. The quantitative estimate of drug-likeness (QED) is 0.866. The van der Waals surface area contributed by atoms with Gasteiger partial charge < -0.3 is 14.7 Å². The highest BCUT2D eigenvalue weighted by Crippen LogP contribution is 2.19. The fraction of sp³-hybridized carbons (Fsp3) is 0.562. The van der Waals surface area contributed by atoms with Crippen LogP contribution in [0.4, 0.5) is 0 Å². The Morgan fingerprint density at radius 1 is 1.57 bits per heavy atom. The van der Waals surface area contributed by atoms with Crippen molar-refractivity contribution in [3.05, 3.63) is 21.9 Å². The summed E-state index contributed by atoms with van der Waals surface area (Å²) in [7, 11) is 1.82. The molecule has 1 aliphatic rings. The second kappa shape index (κ2) is 8.18. The van der Waals surface area contributed by atoms with Gasteiger partial charge in [-0.2, -0.15) is 0 Å². The predicted octanol–water partition coefficient (Wildman–Crippen LogP) is 2.01. The Morgan fingerprint density at radius 3 is 3.14 bits per heavy atom. The van der Waals surface area contributed by atoms with Crippen molar-refractivity contribution in [1.82, 2.24) is 4.90 Å². The lowest BCUT2D eigenvalue weighted by atomic mass is 10.1. The first-order chi connectivity index (χ1) is 10.2. The van der Waals surface area contributed by atoms with E-state index in [1.54, 1.807) is 16.2 Å². The van der Waals surface area contributed by atoms with Gasteiger partial charge in [-0.05, 0) is 25.3 Å². The smallest absolute Gasteiger partial charge is 0.251 e. The van der Waals surface area contributed by atoms with E-state index in [0.717, 1.165) is 29.7 Å². The number of rotatable bonds is 4. The molecule has 0 saturated carbocycles. The minimum Gasteiger partial charge on any atom is -0.395 e. The Kier molecular flexibility index (Phi) is 6.24. The number of nitrogens with zero attached hydrogens (tertiary/aromatic N) is 1. The fourth-order valence-electron chi connectivity index (χ4n) is 2.24. The number of amides is 1. The number of carbonyl (C=O) groups is 1. The molecular formula is C16H21NO3S. The molecule has 21 heavy (non-hydrogen) atoms. The highest BCUT2D eigenvalue weighted by atomic mass is 32.1. The Bertz CT molecular complexity index is 523. The van der Waals surface area contributed by atoms with Gasteiger partial charge in [0.05, 0.1) is 13.2 Å². The molecule has 4 nitrogen and oxygen atoms in total. The monoisotopic (exact) mass is 307 g/mol. The minimum atomic E-state index is -0.271. The molecule has 0 aliphatic carbocycles. The average molecular weight is 307 g/mol. The molecule has 1 fully saturated rings. The molecule has 1 unspecified atom stereocenters. The van der Waals surface area contributed by atoms with Crippen molar-refractivity contribution in [2.45, 2.75) is 38.3 Å². The number of hydrogen-bond acceptors (Lipinski definition) is 4. The molecule has 1 atom stereocenters. The van der Waals surface area contributed by atoms with E-state index in [9.17, 15) is 4.79 Å². The van der Waals surface area contributed by atoms with Gasteiger partial charge in [0.1, 0.15) is 6.10 Å². The van der Waals surface area contributed by atoms with Gasteiger partial charge in [0.15, 0.2) is 0 Å². The molecule has 1 amide bonds. The Balaban J connectivity index is 1.88. The number of ether oxygens (including phenoxy) is 1. The third kappa shape index (κ3) is 4.85. The maximum absolute atomic E-state index is 12.3. The summed E-state index contributed by atoms with van der Waals surface area (Å²) in [4.78, 5) is 15.1. The van der Waals surface area contributed by atoms with Crippen LogP contribution >= 0.6 is 11.3 Å². The van der Waals surface area contributed by atoms with Crippen LogP contribution in [0.15, 0.2) is 11.4 Å². The number of hydrogen-bond donors (Lipinski definition) is 1. The molecule has 0 aromatic carbocycles. The van der Waals surface area contributed by atoms with Crippen LogP contribution in [0.25, 0.3) is 0 Å². The largest absolute Gasteiger partial charge is 0.395 e. The first kappa shape index (κ1) is 16.0. The van der Waals surface area contributed by atoms with E-state index in [-0.39, 0.29) is 18.6 Å². The predicted molar refractivity (Wildman–Crippen MR) is 83.0 cm³/mol. The summed E-state index contributed by atoms with van der Waals surface area (Å²) in [6, 6.07) is 2.00. The summed E-state index contributed by atoms with van der Waals surface area (Å²) in [6.07, 6.45) is 3.16. The van der Waals surface area contributed by atoms with Crippen LogP contribution in [0.1, 0.15) is 36.1 Å². The van der Waals surface area contributed by atoms with Gasteiger partial charge >= 0.3 is 0 Å². The van der Waals surface area contributed by atoms with E-state index in [2.05, 4.69) is 11.8 Å². The zero-order valence-corrected chi connectivity index (χ0v) is 13.1. The van der Waals surface area contributed by atoms with Crippen molar-refractivity contribution in [2.24, 2.45) is 0 Å². The van der Waals surface area contributed by atoms with Crippen LogP contribution in [0.3, 0.4) is 0 Å². The number of thiophene rings is 1. The molecule has 0 bridgehead atoms.